The van der Waals surface area contributed by atoms with Crippen molar-refractivity contribution in [2.45, 2.75) is 26.1 Å². The van der Waals surface area contributed by atoms with Gasteiger partial charge < -0.3 is 10.6 Å². The topological polar surface area (TPSA) is 111 Å². The van der Waals surface area contributed by atoms with Crippen LogP contribution in [0.3, 0.4) is 0 Å². The van der Waals surface area contributed by atoms with Gasteiger partial charge in [-0.15, -0.1) is 0 Å². The number of anilines is 2. The fourth-order valence-corrected chi connectivity index (χ4v) is 3.22. The summed E-state index contributed by atoms with van der Waals surface area (Å²) in [6.45, 7) is 3.00. The van der Waals surface area contributed by atoms with E-state index in [1.54, 1.807) is 49.0 Å². The predicted octanol–water partition coefficient (Wildman–Crippen LogP) is 3.85. The Hall–Kier alpha value is -4.09. The number of nitrogens with zero attached hydrogens (tertiary/aromatic N) is 3. The number of para-hydroxylation sites is 1. The number of nitrogens with one attached hydrogen (secondary N) is 2. The molecule has 0 aliphatic heterocycles. The van der Waals surface area contributed by atoms with Crippen LogP contribution in [0.1, 0.15) is 18.2 Å². The van der Waals surface area contributed by atoms with E-state index in [0.717, 1.165) is 6.07 Å². The van der Waals surface area contributed by atoms with Crippen LogP contribution in [0.25, 0.3) is 5.69 Å². The van der Waals surface area contributed by atoms with E-state index in [2.05, 4.69) is 10.6 Å². The van der Waals surface area contributed by atoms with Crippen molar-refractivity contribution < 1.29 is 22.9 Å². The summed E-state index contributed by atoms with van der Waals surface area (Å²) in [5.74, 6) is -0.699. The number of hydrogen-bond donors (Lipinski definition) is 2. The van der Waals surface area contributed by atoms with E-state index >= 15 is 0 Å². The second-order valence-corrected chi connectivity index (χ2v) is 7.28. The molecule has 3 rings (SSSR count). The lowest BCUT2D eigenvalue weighted by Gasteiger charge is -2.16. The SMILES string of the molecule is Cc1c(NC(=O)C(C)Nc2ccc(C(F)(F)F)cc2[N+](=O)[O-])c(=O)n(-c2ccccc2)n1C. The molecule has 1 unspecified atom stereocenters. The number of benzene rings is 2. The van der Waals surface area contributed by atoms with Gasteiger partial charge in [0.1, 0.15) is 17.4 Å². The van der Waals surface area contributed by atoms with Crippen LogP contribution in [0, 0.1) is 17.0 Å². The molecule has 2 N–H and O–H groups in total. The zero-order valence-electron chi connectivity index (χ0n) is 17.8. The fraction of sp³-hybridized carbons (Fsp3) is 0.238. The summed E-state index contributed by atoms with van der Waals surface area (Å²) in [5.41, 5.74) is -1.69. The van der Waals surface area contributed by atoms with E-state index in [9.17, 15) is 32.9 Å². The van der Waals surface area contributed by atoms with Crippen LogP contribution in [-0.2, 0) is 18.0 Å². The average Bonchev–Trinajstić information content (AvgIpc) is 2.96. The lowest BCUT2D eigenvalue weighted by Crippen LogP contribution is -2.34. The molecule has 174 valence electrons. The molecule has 1 amide bonds. The highest BCUT2D eigenvalue weighted by molar-refractivity contribution is 5.97. The van der Waals surface area contributed by atoms with Gasteiger partial charge in [-0.1, -0.05) is 18.2 Å². The first kappa shape index (κ1) is 23.6. The summed E-state index contributed by atoms with van der Waals surface area (Å²) in [5, 5.41) is 16.3. The Labute approximate surface area is 185 Å². The number of carbonyl (C=O) groups excluding carboxylic acids is 1. The summed E-state index contributed by atoms with van der Waals surface area (Å²) in [6.07, 6.45) is -4.75. The lowest BCUT2D eigenvalue weighted by molar-refractivity contribution is -0.384. The second-order valence-electron chi connectivity index (χ2n) is 7.28. The molecule has 0 aliphatic carbocycles. The Morgan fingerprint density at radius 2 is 1.79 bits per heavy atom. The minimum atomic E-state index is -4.75. The van der Waals surface area contributed by atoms with Gasteiger partial charge >= 0.3 is 6.18 Å². The van der Waals surface area contributed by atoms with Gasteiger partial charge in [0, 0.05) is 13.1 Å². The Morgan fingerprint density at radius 3 is 2.36 bits per heavy atom. The zero-order valence-corrected chi connectivity index (χ0v) is 17.8. The number of nitro benzene ring substituents is 1. The Kier molecular flexibility index (Phi) is 6.29. The highest BCUT2D eigenvalue weighted by Crippen LogP contribution is 2.35. The van der Waals surface area contributed by atoms with Crippen LogP contribution >= 0.6 is 0 Å². The molecule has 0 saturated heterocycles. The van der Waals surface area contributed by atoms with E-state index in [4.69, 9.17) is 0 Å². The Balaban J connectivity index is 1.86. The number of amides is 1. The van der Waals surface area contributed by atoms with Gasteiger partial charge in [-0.3, -0.25) is 24.4 Å². The summed E-state index contributed by atoms with van der Waals surface area (Å²) >= 11 is 0. The van der Waals surface area contributed by atoms with Crippen molar-refractivity contribution in [1.82, 2.24) is 9.36 Å². The zero-order chi connectivity index (χ0) is 24.5. The van der Waals surface area contributed by atoms with E-state index in [1.165, 1.54) is 11.6 Å². The highest BCUT2D eigenvalue weighted by Gasteiger charge is 2.33. The second kappa shape index (κ2) is 8.81. The molecular weight excluding hydrogens is 443 g/mol. The normalized spacial score (nSPS) is 12.3. The molecule has 0 spiro atoms. The van der Waals surface area contributed by atoms with E-state index < -0.39 is 39.9 Å². The summed E-state index contributed by atoms with van der Waals surface area (Å²) in [7, 11) is 1.65. The van der Waals surface area contributed by atoms with Crippen LogP contribution < -0.4 is 16.2 Å². The number of hydrogen-bond acceptors (Lipinski definition) is 5. The number of aromatic nitrogens is 2. The third kappa shape index (κ3) is 4.73. The van der Waals surface area contributed by atoms with Crippen LogP contribution in [0.4, 0.5) is 30.2 Å². The molecule has 0 bridgehead atoms. The van der Waals surface area contributed by atoms with E-state index in [-0.39, 0.29) is 11.4 Å². The largest absolute Gasteiger partial charge is 0.416 e. The standard InChI is InChI=1S/C21H20F3N5O4/c1-12(25-16-10-9-14(21(22,23)24)11-17(16)29(32)33)19(30)26-18-13(2)27(3)28(20(18)31)15-7-5-4-6-8-15/h4-12,25H,1-3H3,(H,26,30). The smallest absolute Gasteiger partial charge is 0.368 e. The monoisotopic (exact) mass is 463 g/mol. The summed E-state index contributed by atoms with van der Waals surface area (Å²) in [4.78, 5) is 35.9. The molecule has 1 aromatic heterocycles. The summed E-state index contributed by atoms with van der Waals surface area (Å²) in [6, 6.07) is 9.61. The van der Waals surface area contributed by atoms with Crippen LogP contribution in [-0.4, -0.2) is 26.2 Å². The lowest BCUT2D eigenvalue weighted by atomic mass is 10.1. The Bertz CT molecular complexity index is 1270. The van der Waals surface area contributed by atoms with Gasteiger partial charge in [-0.25, -0.2) is 4.68 Å². The molecule has 1 heterocycles. The van der Waals surface area contributed by atoms with Crippen molar-refractivity contribution in [3.05, 3.63) is 80.3 Å². The molecule has 0 radical (unpaired) electrons. The van der Waals surface area contributed by atoms with Gasteiger partial charge in [-0.05, 0) is 38.1 Å². The average molecular weight is 463 g/mol. The van der Waals surface area contributed by atoms with E-state index in [1.807, 2.05) is 0 Å². The fourth-order valence-electron chi connectivity index (χ4n) is 3.22. The minimum absolute atomic E-state index is 0.0157. The van der Waals surface area contributed by atoms with Gasteiger partial charge in [0.05, 0.1) is 21.9 Å². The van der Waals surface area contributed by atoms with Gasteiger partial charge in [0.25, 0.3) is 11.2 Å². The first-order valence-corrected chi connectivity index (χ1v) is 9.69. The third-order valence-electron chi connectivity index (χ3n) is 5.09. The predicted molar refractivity (Wildman–Crippen MR) is 116 cm³/mol. The molecule has 12 heteroatoms. The quantitative estimate of drug-likeness (QED) is 0.426. The molecular formula is C21H20F3N5O4. The highest BCUT2D eigenvalue weighted by atomic mass is 19.4. The molecule has 3 aromatic rings. The maximum atomic E-state index is 12.9. The van der Waals surface area contributed by atoms with Crippen molar-refractivity contribution in [1.29, 1.82) is 0 Å². The maximum Gasteiger partial charge on any atom is 0.416 e. The number of halogens is 3. The molecule has 33 heavy (non-hydrogen) atoms. The van der Waals surface area contributed by atoms with Crippen molar-refractivity contribution in [3.8, 4) is 5.69 Å². The number of rotatable bonds is 6. The number of alkyl halides is 3. The van der Waals surface area contributed by atoms with Gasteiger partial charge in [-0.2, -0.15) is 13.2 Å². The third-order valence-corrected chi connectivity index (χ3v) is 5.09. The van der Waals surface area contributed by atoms with Crippen molar-refractivity contribution >= 4 is 23.0 Å². The molecule has 1 atom stereocenters. The first-order chi connectivity index (χ1) is 15.4. The minimum Gasteiger partial charge on any atom is -0.368 e. The molecule has 2 aromatic carbocycles. The van der Waals surface area contributed by atoms with Crippen LogP contribution in [0.2, 0.25) is 0 Å². The van der Waals surface area contributed by atoms with Gasteiger partial charge in [0.2, 0.25) is 5.91 Å². The molecule has 9 nitrogen and oxygen atoms in total. The molecule has 0 fully saturated rings. The van der Waals surface area contributed by atoms with Crippen molar-refractivity contribution in [3.63, 3.8) is 0 Å². The van der Waals surface area contributed by atoms with Crippen LogP contribution in [0.5, 0.6) is 0 Å². The molecule has 0 aliphatic rings. The summed E-state index contributed by atoms with van der Waals surface area (Å²) < 4.78 is 41.6. The van der Waals surface area contributed by atoms with Gasteiger partial charge in [0.15, 0.2) is 0 Å². The maximum absolute atomic E-state index is 12.9. The number of nitro groups is 1. The van der Waals surface area contributed by atoms with E-state index in [0.29, 0.717) is 23.5 Å². The van der Waals surface area contributed by atoms with Crippen molar-refractivity contribution in [2.75, 3.05) is 10.6 Å². The molecule has 0 saturated carbocycles. The first-order valence-electron chi connectivity index (χ1n) is 9.69. The van der Waals surface area contributed by atoms with Crippen molar-refractivity contribution in [2.24, 2.45) is 7.05 Å². The number of carbonyl (C=O) groups is 1. The Morgan fingerprint density at radius 1 is 1.15 bits per heavy atom. The van der Waals surface area contributed by atoms with Crippen LogP contribution in [0.15, 0.2) is 53.3 Å².